The van der Waals surface area contributed by atoms with Gasteiger partial charge < -0.3 is 5.11 Å². The average molecular weight is 232 g/mol. The van der Waals surface area contributed by atoms with Crippen LogP contribution in [0.4, 0.5) is 0 Å². The van der Waals surface area contributed by atoms with Crippen molar-refractivity contribution >= 4 is 5.78 Å². The van der Waals surface area contributed by atoms with Crippen molar-refractivity contribution in [2.24, 2.45) is 0 Å². The zero-order chi connectivity index (χ0) is 12.8. The molecule has 1 unspecified atom stereocenters. The molecular formula is C15H20O2. The lowest BCUT2D eigenvalue weighted by Crippen LogP contribution is -2.17. The molecule has 0 saturated carbocycles. The van der Waals surface area contributed by atoms with E-state index in [0.717, 1.165) is 24.0 Å². The lowest BCUT2D eigenvalue weighted by atomic mass is 9.89. The molecule has 0 spiro atoms. The third kappa shape index (κ3) is 2.02. The molecule has 2 heteroatoms. The van der Waals surface area contributed by atoms with Crippen LogP contribution in [0.15, 0.2) is 12.1 Å². The van der Waals surface area contributed by atoms with Crippen LogP contribution in [-0.2, 0) is 12.0 Å². The molecule has 1 aromatic carbocycles. The zero-order valence-electron chi connectivity index (χ0n) is 11.0. The third-order valence-electron chi connectivity index (χ3n) is 3.76. The first kappa shape index (κ1) is 12.3. The molecule has 1 N–H and O–H groups in total. The summed E-state index contributed by atoms with van der Waals surface area (Å²) in [6.07, 6.45) is 1.66. The number of Topliss-reactive ketones (excluding diaryl/α,β-unsaturated/α-hetero) is 1. The number of aliphatic hydroxyl groups is 1. The van der Waals surface area contributed by atoms with E-state index in [1.807, 2.05) is 19.1 Å². The Bertz CT molecular complexity index is 470. The van der Waals surface area contributed by atoms with Gasteiger partial charge in [-0.15, -0.1) is 0 Å². The SMILES string of the molecule is CC(=O)c1cc(C(C)C)c2c(c1)C(C)(O)CC2. The van der Waals surface area contributed by atoms with Gasteiger partial charge in [-0.05, 0) is 61.4 Å². The van der Waals surface area contributed by atoms with E-state index in [4.69, 9.17) is 0 Å². The van der Waals surface area contributed by atoms with Crippen molar-refractivity contribution in [1.29, 1.82) is 0 Å². The fraction of sp³-hybridized carbons (Fsp3) is 0.533. The molecule has 0 heterocycles. The second-order valence-electron chi connectivity index (χ2n) is 5.58. The molecule has 17 heavy (non-hydrogen) atoms. The van der Waals surface area contributed by atoms with E-state index in [2.05, 4.69) is 13.8 Å². The second-order valence-corrected chi connectivity index (χ2v) is 5.58. The number of fused-ring (bicyclic) bond motifs is 1. The first-order valence-corrected chi connectivity index (χ1v) is 6.23. The van der Waals surface area contributed by atoms with Crippen LogP contribution in [0.2, 0.25) is 0 Å². The summed E-state index contributed by atoms with van der Waals surface area (Å²) in [4.78, 5) is 11.5. The van der Waals surface area contributed by atoms with Crippen LogP contribution in [0.1, 0.15) is 67.1 Å². The van der Waals surface area contributed by atoms with Gasteiger partial charge in [0.2, 0.25) is 0 Å². The van der Waals surface area contributed by atoms with Crippen LogP contribution >= 0.6 is 0 Å². The number of benzene rings is 1. The highest BCUT2D eigenvalue weighted by atomic mass is 16.3. The average Bonchev–Trinajstić information content (AvgIpc) is 2.53. The molecule has 1 aliphatic rings. The predicted molar refractivity (Wildman–Crippen MR) is 68.4 cm³/mol. The van der Waals surface area contributed by atoms with Gasteiger partial charge >= 0.3 is 0 Å². The molecule has 0 saturated heterocycles. The molecule has 2 nitrogen and oxygen atoms in total. The standard InChI is InChI=1S/C15H20O2/c1-9(2)13-7-11(10(3)16)8-14-12(13)5-6-15(14,4)17/h7-9,17H,5-6H2,1-4H3. The normalized spacial score (nSPS) is 22.9. The zero-order valence-corrected chi connectivity index (χ0v) is 11.0. The van der Waals surface area contributed by atoms with Gasteiger partial charge in [-0.2, -0.15) is 0 Å². The fourth-order valence-electron chi connectivity index (χ4n) is 2.68. The number of ketones is 1. The highest BCUT2D eigenvalue weighted by Crippen LogP contribution is 2.40. The van der Waals surface area contributed by atoms with Gasteiger partial charge in [0.1, 0.15) is 0 Å². The summed E-state index contributed by atoms with van der Waals surface area (Å²) in [6, 6.07) is 3.86. The van der Waals surface area contributed by atoms with Crippen molar-refractivity contribution < 1.29 is 9.90 Å². The molecule has 0 amide bonds. The Kier molecular flexibility index (Phi) is 2.86. The molecule has 1 aromatic rings. The summed E-state index contributed by atoms with van der Waals surface area (Å²) in [5, 5.41) is 10.3. The summed E-state index contributed by atoms with van der Waals surface area (Å²) in [5.74, 6) is 0.453. The summed E-state index contributed by atoms with van der Waals surface area (Å²) < 4.78 is 0. The van der Waals surface area contributed by atoms with Gasteiger partial charge in [0.05, 0.1) is 5.60 Å². The second kappa shape index (κ2) is 3.95. The van der Waals surface area contributed by atoms with Gasteiger partial charge in [-0.25, -0.2) is 0 Å². The van der Waals surface area contributed by atoms with E-state index >= 15 is 0 Å². The minimum Gasteiger partial charge on any atom is -0.385 e. The van der Waals surface area contributed by atoms with Crippen molar-refractivity contribution in [1.82, 2.24) is 0 Å². The van der Waals surface area contributed by atoms with Gasteiger partial charge in [0, 0.05) is 5.56 Å². The van der Waals surface area contributed by atoms with E-state index in [-0.39, 0.29) is 5.78 Å². The quantitative estimate of drug-likeness (QED) is 0.795. The minimum absolute atomic E-state index is 0.0670. The summed E-state index contributed by atoms with van der Waals surface area (Å²) in [7, 11) is 0. The molecule has 0 aromatic heterocycles. The van der Waals surface area contributed by atoms with Crippen LogP contribution in [-0.4, -0.2) is 10.9 Å². The van der Waals surface area contributed by atoms with Crippen LogP contribution < -0.4 is 0 Å². The maximum absolute atomic E-state index is 11.5. The largest absolute Gasteiger partial charge is 0.385 e. The maximum atomic E-state index is 11.5. The van der Waals surface area contributed by atoms with E-state index in [1.54, 1.807) is 6.92 Å². The molecule has 1 aliphatic carbocycles. The fourth-order valence-corrected chi connectivity index (χ4v) is 2.68. The first-order chi connectivity index (χ1) is 7.83. The molecule has 0 bridgehead atoms. The van der Waals surface area contributed by atoms with Crippen molar-refractivity contribution in [3.8, 4) is 0 Å². The lowest BCUT2D eigenvalue weighted by Gasteiger charge is -2.20. The Hall–Kier alpha value is -1.15. The van der Waals surface area contributed by atoms with Crippen molar-refractivity contribution in [3.05, 3.63) is 34.4 Å². The highest BCUT2D eigenvalue weighted by Gasteiger charge is 2.34. The van der Waals surface area contributed by atoms with E-state index in [9.17, 15) is 9.90 Å². The number of carbonyl (C=O) groups excluding carboxylic acids is 1. The van der Waals surface area contributed by atoms with E-state index in [1.165, 1.54) is 11.1 Å². The number of hydrogen-bond acceptors (Lipinski definition) is 2. The van der Waals surface area contributed by atoms with Gasteiger partial charge in [-0.3, -0.25) is 4.79 Å². The van der Waals surface area contributed by atoms with Crippen LogP contribution in [0.5, 0.6) is 0 Å². The van der Waals surface area contributed by atoms with Crippen LogP contribution in [0.3, 0.4) is 0 Å². The predicted octanol–water partition coefficient (Wildman–Crippen LogP) is 3.17. The molecule has 2 rings (SSSR count). The minimum atomic E-state index is -0.773. The third-order valence-corrected chi connectivity index (χ3v) is 3.76. The molecular weight excluding hydrogens is 212 g/mol. The van der Waals surface area contributed by atoms with Crippen molar-refractivity contribution in [3.63, 3.8) is 0 Å². The summed E-state index contributed by atoms with van der Waals surface area (Å²) in [5.41, 5.74) is 3.36. The molecule has 0 radical (unpaired) electrons. The summed E-state index contributed by atoms with van der Waals surface area (Å²) >= 11 is 0. The van der Waals surface area contributed by atoms with Gasteiger partial charge in [0.25, 0.3) is 0 Å². The van der Waals surface area contributed by atoms with Gasteiger partial charge in [0.15, 0.2) is 5.78 Å². The van der Waals surface area contributed by atoms with Crippen LogP contribution in [0.25, 0.3) is 0 Å². The van der Waals surface area contributed by atoms with E-state index < -0.39 is 5.60 Å². The maximum Gasteiger partial charge on any atom is 0.159 e. The summed E-state index contributed by atoms with van der Waals surface area (Å²) in [6.45, 7) is 7.68. The van der Waals surface area contributed by atoms with Crippen molar-refractivity contribution in [2.45, 2.75) is 52.1 Å². The molecule has 92 valence electrons. The van der Waals surface area contributed by atoms with Gasteiger partial charge in [-0.1, -0.05) is 13.8 Å². The number of rotatable bonds is 2. The Morgan fingerprint density at radius 3 is 2.59 bits per heavy atom. The Morgan fingerprint density at radius 2 is 2.06 bits per heavy atom. The monoisotopic (exact) mass is 232 g/mol. The Morgan fingerprint density at radius 1 is 1.41 bits per heavy atom. The number of hydrogen-bond donors (Lipinski definition) is 1. The lowest BCUT2D eigenvalue weighted by molar-refractivity contribution is 0.0594. The molecule has 0 aliphatic heterocycles. The first-order valence-electron chi connectivity index (χ1n) is 6.23. The molecule has 0 fully saturated rings. The highest BCUT2D eigenvalue weighted by molar-refractivity contribution is 5.94. The van der Waals surface area contributed by atoms with Crippen molar-refractivity contribution in [2.75, 3.05) is 0 Å². The Labute approximate surface area is 103 Å². The Balaban J connectivity index is 2.67. The number of carbonyl (C=O) groups is 1. The topological polar surface area (TPSA) is 37.3 Å². The smallest absolute Gasteiger partial charge is 0.159 e. The molecule has 1 atom stereocenters. The van der Waals surface area contributed by atoms with Crippen LogP contribution in [0, 0.1) is 0 Å². The van der Waals surface area contributed by atoms with E-state index in [0.29, 0.717) is 5.92 Å².